The molecule has 2 saturated heterocycles. The van der Waals surface area contributed by atoms with E-state index in [1.165, 1.54) is 11.3 Å². The summed E-state index contributed by atoms with van der Waals surface area (Å²) in [5.74, 6) is 0.236. The number of anilines is 4. The Kier molecular flexibility index (Phi) is 7.79. The normalized spacial score (nSPS) is 17.5. The van der Waals surface area contributed by atoms with Gasteiger partial charge in [-0.3, -0.25) is 0 Å². The fraction of sp³-hybridized carbons (Fsp3) is 0.619. The van der Waals surface area contributed by atoms with E-state index in [-0.39, 0.29) is 18.3 Å². The van der Waals surface area contributed by atoms with Gasteiger partial charge in [-0.1, -0.05) is 11.3 Å². The molecule has 10 nitrogen and oxygen atoms in total. The molecule has 2 aromatic heterocycles. The van der Waals surface area contributed by atoms with Gasteiger partial charge >= 0.3 is 12.3 Å². The molecule has 1 amide bonds. The summed E-state index contributed by atoms with van der Waals surface area (Å²) in [5.41, 5.74) is -0.950. The van der Waals surface area contributed by atoms with Crippen molar-refractivity contribution in [2.75, 3.05) is 75.0 Å². The Hall–Kier alpha value is -2.87. The van der Waals surface area contributed by atoms with E-state index >= 15 is 0 Å². The average Bonchev–Trinajstić information content (AvgIpc) is 3.17. The number of rotatable bonds is 8. The molecule has 2 fully saturated rings. The first kappa shape index (κ1) is 25.2. The zero-order valence-corrected chi connectivity index (χ0v) is 20.5. The lowest BCUT2D eigenvalue weighted by Gasteiger charge is -2.32. The summed E-state index contributed by atoms with van der Waals surface area (Å²) >= 11 is 1.52. The highest BCUT2D eigenvalue weighted by Crippen LogP contribution is 2.35. The Morgan fingerprint density at radius 1 is 1.14 bits per heavy atom. The quantitative estimate of drug-likeness (QED) is 0.514. The van der Waals surface area contributed by atoms with Crippen molar-refractivity contribution >= 4 is 40.1 Å². The number of nitrogens with one attached hydrogen (secondary N) is 2. The number of cyclic esters (lactones) is 1. The molecule has 0 radical (unpaired) electrons. The minimum Gasteiger partial charge on any atom is -0.449 e. The van der Waals surface area contributed by atoms with E-state index in [1.54, 1.807) is 4.90 Å². The standard InChI is InChI=1S/C21H29F3N8O2S/c1-14-16(29-19(35-14)31-10-8-30(2)9-11-31)27-18-26-13-15(21(22,23)24)17(28-18)25-5-3-6-32-7-4-12-34-20(32)33/h13H,3-12H2,1-2H3,(H2,25,26,27,28). The van der Waals surface area contributed by atoms with Crippen LogP contribution in [0, 0.1) is 6.92 Å². The van der Waals surface area contributed by atoms with Crippen LogP contribution < -0.4 is 15.5 Å². The Labute approximate surface area is 205 Å². The number of carbonyl (C=O) groups excluding carboxylic acids is 1. The number of hydrogen-bond acceptors (Lipinski definition) is 10. The van der Waals surface area contributed by atoms with Gasteiger partial charge in [-0.05, 0) is 26.8 Å². The van der Waals surface area contributed by atoms with Crippen LogP contribution in [0.15, 0.2) is 6.20 Å². The zero-order chi connectivity index (χ0) is 25.0. The van der Waals surface area contributed by atoms with Crippen molar-refractivity contribution in [2.45, 2.75) is 25.9 Å². The number of nitrogens with zero attached hydrogens (tertiary/aromatic N) is 6. The number of alkyl halides is 3. The molecule has 14 heteroatoms. The number of aryl methyl sites for hydroxylation is 1. The second-order valence-corrected chi connectivity index (χ2v) is 9.69. The zero-order valence-electron chi connectivity index (χ0n) is 19.7. The fourth-order valence-corrected chi connectivity index (χ4v) is 4.71. The number of aromatic nitrogens is 3. The van der Waals surface area contributed by atoms with E-state index in [2.05, 4.69) is 42.4 Å². The molecule has 0 spiro atoms. The van der Waals surface area contributed by atoms with E-state index in [4.69, 9.17) is 4.74 Å². The number of ether oxygens (including phenoxy) is 1. The number of amides is 1. The lowest BCUT2D eigenvalue weighted by atomic mass is 10.3. The van der Waals surface area contributed by atoms with Crippen LogP contribution in [0.2, 0.25) is 0 Å². The van der Waals surface area contributed by atoms with Crippen LogP contribution >= 0.6 is 11.3 Å². The van der Waals surface area contributed by atoms with Crippen molar-refractivity contribution in [1.82, 2.24) is 24.8 Å². The number of halogens is 3. The predicted octanol–water partition coefficient (Wildman–Crippen LogP) is 3.40. The highest BCUT2D eigenvalue weighted by Gasteiger charge is 2.35. The second-order valence-electron chi connectivity index (χ2n) is 8.51. The van der Waals surface area contributed by atoms with Gasteiger partial charge in [0, 0.05) is 56.9 Å². The summed E-state index contributed by atoms with van der Waals surface area (Å²) in [7, 11) is 2.08. The molecule has 0 aromatic carbocycles. The first-order valence-corrected chi connectivity index (χ1v) is 12.3. The van der Waals surface area contributed by atoms with Gasteiger partial charge in [0.15, 0.2) is 5.13 Å². The second kappa shape index (κ2) is 10.8. The summed E-state index contributed by atoms with van der Waals surface area (Å²) in [6.07, 6.45) is -3.05. The summed E-state index contributed by atoms with van der Waals surface area (Å²) in [5, 5.41) is 6.59. The smallest absolute Gasteiger partial charge is 0.421 e. The van der Waals surface area contributed by atoms with E-state index in [9.17, 15) is 18.0 Å². The van der Waals surface area contributed by atoms with Crippen LogP contribution in [-0.4, -0.2) is 90.3 Å². The number of thiazole rings is 1. The van der Waals surface area contributed by atoms with Crippen LogP contribution in [-0.2, 0) is 10.9 Å². The number of carbonyl (C=O) groups is 1. The molecule has 2 N–H and O–H groups in total. The topological polar surface area (TPSA) is 98.8 Å². The number of piperazine rings is 1. The van der Waals surface area contributed by atoms with Gasteiger partial charge in [0.1, 0.15) is 17.2 Å². The summed E-state index contributed by atoms with van der Waals surface area (Å²) < 4.78 is 45.6. The van der Waals surface area contributed by atoms with Crippen molar-refractivity contribution in [2.24, 2.45) is 0 Å². The van der Waals surface area contributed by atoms with Crippen LogP contribution in [0.1, 0.15) is 23.3 Å². The van der Waals surface area contributed by atoms with E-state index in [1.807, 2.05) is 6.92 Å². The summed E-state index contributed by atoms with van der Waals surface area (Å²) in [6, 6.07) is 0. The maximum absolute atomic E-state index is 13.5. The molecule has 0 atom stereocenters. The van der Waals surface area contributed by atoms with Gasteiger partial charge < -0.3 is 30.1 Å². The van der Waals surface area contributed by atoms with E-state index in [0.717, 1.165) is 48.8 Å². The minimum absolute atomic E-state index is 0.0263. The van der Waals surface area contributed by atoms with E-state index in [0.29, 0.717) is 31.9 Å². The SMILES string of the molecule is Cc1sc(N2CCN(C)CC2)nc1Nc1ncc(C(F)(F)F)c(NCCCN2CCCOC2=O)n1. The Balaban J connectivity index is 1.42. The van der Waals surface area contributed by atoms with Crippen molar-refractivity contribution in [1.29, 1.82) is 0 Å². The molecule has 0 unspecified atom stereocenters. The third kappa shape index (κ3) is 6.42. The summed E-state index contributed by atoms with van der Waals surface area (Å²) in [6.45, 7) is 7.07. The maximum atomic E-state index is 13.5. The van der Waals surface area contributed by atoms with Gasteiger partial charge in [0.25, 0.3) is 0 Å². The van der Waals surface area contributed by atoms with E-state index < -0.39 is 17.8 Å². The molecular formula is C21H29F3N8O2S. The Morgan fingerprint density at radius 2 is 1.91 bits per heavy atom. The molecule has 0 aliphatic carbocycles. The number of hydrogen-bond donors (Lipinski definition) is 2. The van der Waals surface area contributed by atoms with Crippen LogP contribution in [0.25, 0.3) is 0 Å². The average molecular weight is 515 g/mol. The first-order chi connectivity index (χ1) is 16.7. The van der Waals surface area contributed by atoms with Gasteiger partial charge in [-0.25, -0.2) is 14.8 Å². The third-order valence-electron chi connectivity index (χ3n) is 5.84. The molecular weight excluding hydrogens is 485 g/mol. The van der Waals surface area contributed by atoms with Crippen molar-refractivity contribution in [3.05, 3.63) is 16.6 Å². The van der Waals surface area contributed by atoms with Gasteiger partial charge in [0.05, 0.1) is 6.61 Å². The van der Waals surface area contributed by atoms with Crippen LogP contribution in [0.3, 0.4) is 0 Å². The Bertz CT molecular complexity index is 1030. The highest BCUT2D eigenvalue weighted by atomic mass is 32.1. The third-order valence-corrected chi connectivity index (χ3v) is 6.87. The molecule has 2 aromatic rings. The Morgan fingerprint density at radius 3 is 2.63 bits per heavy atom. The minimum atomic E-state index is -4.61. The fourth-order valence-electron chi connectivity index (χ4n) is 3.80. The molecule has 2 aliphatic heterocycles. The molecule has 0 bridgehead atoms. The molecule has 4 rings (SSSR count). The van der Waals surface area contributed by atoms with Crippen molar-refractivity contribution in [3.63, 3.8) is 0 Å². The van der Waals surface area contributed by atoms with Gasteiger partial charge in [0.2, 0.25) is 5.95 Å². The van der Waals surface area contributed by atoms with Crippen LogP contribution in [0.5, 0.6) is 0 Å². The predicted molar refractivity (Wildman–Crippen MR) is 128 cm³/mol. The van der Waals surface area contributed by atoms with Crippen LogP contribution in [0.4, 0.5) is 40.7 Å². The van der Waals surface area contributed by atoms with Crippen molar-refractivity contribution in [3.8, 4) is 0 Å². The maximum Gasteiger partial charge on any atom is 0.421 e. The van der Waals surface area contributed by atoms with Gasteiger partial charge in [-0.2, -0.15) is 18.2 Å². The lowest BCUT2D eigenvalue weighted by Crippen LogP contribution is -2.44. The molecule has 4 heterocycles. The monoisotopic (exact) mass is 514 g/mol. The lowest BCUT2D eigenvalue weighted by molar-refractivity contribution is -0.137. The van der Waals surface area contributed by atoms with Gasteiger partial charge in [-0.15, -0.1) is 0 Å². The summed E-state index contributed by atoms with van der Waals surface area (Å²) in [4.78, 5) is 31.2. The first-order valence-electron chi connectivity index (χ1n) is 11.5. The molecule has 2 aliphatic rings. The largest absolute Gasteiger partial charge is 0.449 e. The highest BCUT2D eigenvalue weighted by molar-refractivity contribution is 7.16. The molecule has 192 valence electrons. The van der Waals surface area contributed by atoms with Crippen molar-refractivity contribution < 1.29 is 22.7 Å². The number of likely N-dealkylation sites (N-methyl/N-ethyl adjacent to an activating group) is 1. The molecule has 35 heavy (non-hydrogen) atoms. The molecule has 0 saturated carbocycles.